The molecule has 1 saturated heterocycles. The highest BCUT2D eigenvalue weighted by Gasteiger charge is 2.41. The van der Waals surface area contributed by atoms with E-state index in [1.54, 1.807) is 27.7 Å². The highest BCUT2D eigenvalue weighted by Crippen LogP contribution is 2.22. The number of aromatic hydroxyl groups is 1. The number of phenolic OH excluding ortho intramolecular Hbond substituents is 1. The van der Waals surface area contributed by atoms with Crippen LogP contribution in [-0.4, -0.2) is 147 Å². The van der Waals surface area contributed by atoms with Crippen molar-refractivity contribution < 1.29 is 68.1 Å². The van der Waals surface area contributed by atoms with Crippen LogP contribution in [0.2, 0.25) is 0 Å². The second kappa shape index (κ2) is 26.9. The highest BCUT2D eigenvalue weighted by molar-refractivity contribution is 5.99. The molecule has 0 spiro atoms. The van der Waals surface area contributed by atoms with Crippen molar-refractivity contribution in [3.8, 4) is 5.75 Å². The van der Waals surface area contributed by atoms with Crippen molar-refractivity contribution in [3.63, 3.8) is 0 Å². The van der Waals surface area contributed by atoms with E-state index in [-0.39, 0.29) is 44.4 Å². The Morgan fingerprint density at radius 2 is 1.21 bits per heavy atom. The van der Waals surface area contributed by atoms with Crippen molar-refractivity contribution in [2.45, 2.75) is 134 Å². The van der Waals surface area contributed by atoms with Gasteiger partial charge >= 0.3 is 5.97 Å². The molecule has 1 heterocycles. The van der Waals surface area contributed by atoms with E-state index in [1.165, 1.54) is 29.2 Å². The fraction of sp³-hybridized carbons (Fsp3) is 0.595. The van der Waals surface area contributed by atoms with Gasteiger partial charge in [-0.1, -0.05) is 46.2 Å². The van der Waals surface area contributed by atoms with Crippen LogP contribution in [0.3, 0.4) is 0 Å². The van der Waals surface area contributed by atoms with Crippen molar-refractivity contribution in [1.82, 2.24) is 36.8 Å². The molecule has 0 bridgehead atoms. The molecule has 9 unspecified atom stereocenters. The maximum Gasteiger partial charge on any atom is 0.326 e. The first-order valence-corrected chi connectivity index (χ1v) is 21.7. The standard InChI is InChI=1S/C42H65N11O14/c1-5-21(4)34(40(64)51-33(20(2)3)39(63)48-26(42(66)67)13-15-31(45)57)52-38(62)29-7-6-16-53(29)41(65)28(17-22-8-10-23(55)11-9-22)50-37(61)27(18-32(46)58)49-36(60)25(12-14-30(44)56)47-35(59)24(43)19-54/h8-11,20-21,24-29,33-34,54-55H,5-7,12-19,43H2,1-4H3,(H2,44,56)(H2,45,57)(H2,46,58)(H,47,59)(H,48,63)(H,49,60)(H,50,61)(H,51,64)(H,52,62)(H,66,67). The van der Waals surface area contributed by atoms with Gasteiger partial charge in [0.15, 0.2) is 0 Å². The molecule has 1 aromatic carbocycles. The molecule has 67 heavy (non-hydrogen) atoms. The van der Waals surface area contributed by atoms with Crippen molar-refractivity contribution in [2.75, 3.05) is 13.2 Å². The van der Waals surface area contributed by atoms with Gasteiger partial charge in [0.25, 0.3) is 0 Å². The number of aliphatic hydroxyl groups is 1. The van der Waals surface area contributed by atoms with Gasteiger partial charge in [-0.2, -0.15) is 0 Å². The third-order valence-electron chi connectivity index (χ3n) is 11.0. The Kier molecular flexibility index (Phi) is 22.6. The van der Waals surface area contributed by atoms with Crippen LogP contribution in [0.15, 0.2) is 24.3 Å². The number of likely N-dealkylation sites (tertiary alicyclic amines) is 1. The Bertz CT molecular complexity index is 1970. The normalized spacial score (nSPS) is 16.9. The fourth-order valence-corrected chi connectivity index (χ4v) is 6.98. The predicted molar refractivity (Wildman–Crippen MR) is 236 cm³/mol. The van der Waals surface area contributed by atoms with E-state index in [1.807, 2.05) is 0 Å². The minimum absolute atomic E-state index is 0.00776. The van der Waals surface area contributed by atoms with E-state index in [9.17, 15) is 68.1 Å². The summed E-state index contributed by atoms with van der Waals surface area (Å²) in [5.41, 5.74) is 21.8. The summed E-state index contributed by atoms with van der Waals surface area (Å²) < 4.78 is 0. The third kappa shape index (κ3) is 18.1. The first-order chi connectivity index (χ1) is 31.4. The number of primary amides is 3. The van der Waals surface area contributed by atoms with Gasteiger partial charge in [0.1, 0.15) is 54.1 Å². The summed E-state index contributed by atoms with van der Waals surface area (Å²) in [5.74, 6) is -11.7. The Morgan fingerprint density at radius 1 is 0.687 bits per heavy atom. The summed E-state index contributed by atoms with van der Waals surface area (Å²) in [6.45, 7) is 5.82. The topological polar surface area (TPSA) is 428 Å². The summed E-state index contributed by atoms with van der Waals surface area (Å²) in [6.07, 6.45) is -1.70. The average molecular weight is 948 g/mol. The lowest BCUT2D eigenvalue weighted by Crippen LogP contribution is -2.61. The monoisotopic (exact) mass is 947 g/mol. The number of rotatable bonds is 28. The van der Waals surface area contributed by atoms with E-state index in [0.717, 1.165) is 0 Å². The zero-order valence-electron chi connectivity index (χ0n) is 38.0. The third-order valence-corrected chi connectivity index (χ3v) is 11.0. The van der Waals surface area contributed by atoms with Crippen LogP contribution in [0.5, 0.6) is 5.75 Å². The number of carbonyl (C=O) groups excluding carboxylic acids is 10. The smallest absolute Gasteiger partial charge is 0.326 e. The molecular formula is C42H65N11O14. The molecular weight excluding hydrogens is 883 g/mol. The van der Waals surface area contributed by atoms with Crippen LogP contribution in [0, 0.1) is 11.8 Å². The molecule has 25 heteroatoms. The van der Waals surface area contributed by atoms with E-state index >= 15 is 0 Å². The first kappa shape index (κ1) is 56.2. The number of benzene rings is 1. The average Bonchev–Trinajstić information content (AvgIpc) is 3.76. The number of aliphatic carboxylic acids is 1. The Hall–Kier alpha value is -6.89. The maximum atomic E-state index is 14.5. The summed E-state index contributed by atoms with van der Waals surface area (Å²) in [7, 11) is 0. The number of nitrogens with zero attached hydrogens (tertiary/aromatic N) is 1. The highest BCUT2D eigenvalue weighted by atomic mass is 16.4. The van der Waals surface area contributed by atoms with Crippen LogP contribution in [-0.2, 0) is 59.2 Å². The molecule has 372 valence electrons. The minimum Gasteiger partial charge on any atom is -0.508 e. The number of amides is 10. The Balaban J connectivity index is 2.44. The molecule has 1 fully saturated rings. The summed E-state index contributed by atoms with van der Waals surface area (Å²) in [4.78, 5) is 144. The van der Waals surface area contributed by atoms with Crippen LogP contribution >= 0.6 is 0 Å². The zero-order valence-corrected chi connectivity index (χ0v) is 38.0. The fourth-order valence-electron chi connectivity index (χ4n) is 6.98. The molecule has 1 aromatic rings. The van der Waals surface area contributed by atoms with Crippen LogP contribution in [0.1, 0.15) is 84.6 Å². The lowest BCUT2D eigenvalue weighted by molar-refractivity contribution is -0.143. The lowest BCUT2D eigenvalue weighted by Gasteiger charge is -2.32. The molecule has 0 radical (unpaired) electrons. The second-order valence-corrected chi connectivity index (χ2v) is 16.7. The quantitative estimate of drug-likeness (QED) is 0.0376. The Labute approximate surface area is 386 Å². The first-order valence-electron chi connectivity index (χ1n) is 21.7. The Morgan fingerprint density at radius 3 is 1.73 bits per heavy atom. The number of hydrogen-bond donors (Lipinski definition) is 13. The van der Waals surface area contributed by atoms with E-state index in [4.69, 9.17) is 22.9 Å². The minimum atomic E-state index is -1.77. The molecule has 9 atom stereocenters. The number of carbonyl (C=O) groups is 11. The number of nitrogens with one attached hydrogen (secondary N) is 6. The van der Waals surface area contributed by atoms with E-state index in [0.29, 0.717) is 18.4 Å². The summed E-state index contributed by atoms with van der Waals surface area (Å²) >= 11 is 0. The molecule has 1 aliphatic heterocycles. The molecule has 0 aliphatic carbocycles. The summed E-state index contributed by atoms with van der Waals surface area (Å²) in [5, 5.41) is 43.5. The zero-order chi connectivity index (χ0) is 50.7. The maximum absolute atomic E-state index is 14.5. The van der Waals surface area contributed by atoms with Crippen LogP contribution in [0.25, 0.3) is 0 Å². The SMILES string of the molecule is CCC(C)C(NC(=O)C1CCCN1C(=O)C(Cc1ccc(O)cc1)NC(=O)C(CC(N)=O)NC(=O)C(CCC(N)=O)NC(=O)C(N)CO)C(=O)NC(C(=O)NC(CCC(N)=O)C(=O)O)C(C)C. The molecule has 0 aromatic heterocycles. The summed E-state index contributed by atoms with van der Waals surface area (Å²) in [6, 6.07) is -5.94. The van der Waals surface area contributed by atoms with Crippen LogP contribution < -0.4 is 54.8 Å². The van der Waals surface area contributed by atoms with Crippen molar-refractivity contribution in [1.29, 1.82) is 0 Å². The van der Waals surface area contributed by atoms with Gasteiger partial charge in [-0.15, -0.1) is 0 Å². The van der Waals surface area contributed by atoms with Gasteiger partial charge < -0.3 is 75.1 Å². The number of aliphatic hydroxyl groups excluding tert-OH is 1. The van der Waals surface area contributed by atoms with E-state index < -0.39 is 145 Å². The number of carboxylic acids is 1. The number of nitrogens with two attached hydrogens (primary N) is 4. The predicted octanol–water partition coefficient (Wildman–Crippen LogP) is -4.65. The molecule has 2 rings (SSSR count). The number of hydrogen-bond acceptors (Lipinski definition) is 14. The van der Waals surface area contributed by atoms with Gasteiger partial charge in [0.05, 0.1) is 13.0 Å². The number of phenols is 1. The van der Waals surface area contributed by atoms with Gasteiger partial charge in [-0.05, 0) is 55.2 Å². The van der Waals surface area contributed by atoms with Crippen LogP contribution in [0.4, 0.5) is 0 Å². The van der Waals surface area contributed by atoms with Gasteiger partial charge in [-0.3, -0.25) is 47.9 Å². The van der Waals surface area contributed by atoms with E-state index in [2.05, 4.69) is 31.9 Å². The molecule has 0 saturated carbocycles. The second-order valence-electron chi connectivity index (χ2n) is 16.7. The lowest BCUT2D eigenvalue weighted by atomic mass is 9.95. The van der Waals surface area contributed by atoms with Crippen molar-refractivity contribution >= 4 is 65.0 Å². The van der Waals surface area contributed by atoms with Gasteiger partial charge in [0.2, 0.25) is 59.1 Å². The molecule has 1 aliphatic rings. The van der Waals surface area contributed by atoms with Gasteiger partial charge in [-0.25, -0.2) is 4.79 Å². The molecule has 25 nitrogen and oxygen atoms in total. The number of carboxylic acid groups (broad SMARTS) is 1. The molecule has 10 amide bonds. The largest absolute Gasteiger partial charge is 0.508 e. The van der Waals surface area contributed by atoms with Crippen molar-refractivity contribution in [2.24, 2.45) is 34.8 Å². The van der Waals surface area contributed by atoms with Gasteiger partial charge in [0, 0.05) is 25.8 Å². The molecule has 17 N–H and O–H groups in total. The van der Waals surface area contributed by atoms with Crippen molar-refractivity contribution in [3.05, 3.63) is 29.8 Å².